The minimum atomic E-state index is -0.472. The van der Waals surface area contributed by atoms with Gasteiger partial charge in [0.1, 0.15) is 11.3 Å². The van der Waals surface area contributed by atoms with Crippen LogP contribution in [0.25, 0.3) is 5.69 Å². The van der Waals surface area contributed by atoms with E-state index < -0.39 is 5.91 Å². The largest absolute Gasteiger partial charge is 0.365 e. The highest BCUT2D eigenvalue weighted by Crippen LogP contribution is 2.37. The quantitative estimate of drug-likeness (QED) is 0.642. The number of fused-ring (bicyclic) bond motifs is 1. The summed E-state index contributed by atoms with van der Waals surface area (Å²) in [5.41, 5.74) is 8.80. The van der Waals surface area contributed by atoms with Crippen molar-refractivity contribution in [3.05, 3.63) is 52.2 Å². The number of hydrogen-bond acceptors (Lipinski definition) is 6. The standard InChI is InChI=1S/C19H20N6O2S/c20-18(27)17-14-4-2-1-3-5-15(14)28-19(17)22-16(26)10-12-6-8-13(9-7-12)25-11-21-23-24-25/h6-9,11H,1-5,10H2,(H2,20,27)(H,22,26). The number of nitrogens with zero attached hydrogens (tertiary/aromatic N) is 4. The van der Waals surface area contributed by atoms with E-state index in [2.05, 4.69) is 20.8 Å². The summed E-state index contributed by atoms with van der Waals surface area (Å²) < 4.78 is 1.54. The van der Waals surface area contributed by atoms with Gasteiger partial charge in [0.05, 0.1) is 17.7 Å². The lowest BCUT2D eigenvalue weighted by Crippen LogP contribution is -2.19. The van der Waals surface area contributed by atoms with E-state index >= 15 is 0 Å². The van der Waals surface area contributed by atoms with Crippen molar-refractivity contribution in [1.82, 2.24) is 20.2 Å². The van der Waals surface area contributed by atoms with E-state index in [1.54, 1.807) is 4.68 Å². The van der Waals surface area contributed by atoms with Gasteiger partial charge in [0.25, 0.3) is 5.91 Å². The van der Waals surface area contributed by atoms with Crippen molar-refractivity contribution in [1.29, 1.82) is 0 Å². The van der Waals surface area contributed by atoms with Gasteiger partial charge in [-0.1, -0.05) is 18.6 Å². The van der Waals surface area contributed by atoms with Crippen LogP contribution >= 0.6 is 11.3 Å². The van der Waals surface area contributed by atoms with Crippen LogP contribution in [0.4, 0.5) is 5.00 Å². The normalized spacial score (nSPS) is 13.6. The Kier molecular flexibility index (Phi) is 5.16. The molecule has 1 aromatic carbocycles. The zero-order valence-corrected chi connectivity index (χ0v) is 16.0. The van der Waals surface area contributed by atoms with Gasteiger partial charge in [-0.3, -0.25) is 9.59 Å². The molecular formula is C19H20N6O2S. The number of thiophene rings is 1. The molecule has 4 rings (SSSR count). The van der Waals surface area contributed by atoms with E-state index in [0.29, 0.717) is 10.6 Å². The maximum absolute atomic E-state index is 12.6. The minimum Gasteiger partial charge on any atom is -0.365 e. The number of hydrogen-bond donors (Lipinski definition) is 2. The second kappa shape index (κ2) is 7.89. The fourth-order valence-electron chi connectivity index (χ4n) is 3.49. The number of amides is 2. The smallest absolute Gasteiger partial charge is 0.251 e. The maximum atomic E-state index is 12.6. The van der Waals surface area contributed by atoms with Crippen molar-refractivity contribution in [2.75, 3.05) is 5.32 Å². The number of rotatable bonds is 5. The second-order valence-corrected chi connectivity index (χ2v) is 7.88. The molecule has 0 fully saturated rings. The van der Waals surface area contributed by atoms with Crippen molar-refractivity contribution in [2.24, 2.45) is 5.73 Å². The average Bonchev–Trinajstić information content (AvgIpc) is 3.25. The number of carbonyl (C=O) groups is 2. The summed E-state index contributed by atoms with van der Waals surface area (Å²) in [5.74, 6) is -0.644. The van der Waals surface area contributed by atoms with Gasteiger partial charge in [0.2, 0.25) is 5.91 Å². The number of nitrogens with one attached hydrogen (secondary N) is 1. The Balaban J connectivity index is 1.49. The fraction of sp³-hybridized carbons (Fsp3) is 0.316. The first-order valence-electron chi connectivity index (χ1n) is 9.18. The Morgan fingerprint density at radius 1 is 1.14 bits per heavy atom. The maximum Gasteiger partial charge on any atom is 0.251 e. The lowest BCUT2D eigenvalue weighted by Gasteiger charge is -2.07. The van der Waals surface area contributed by atoms with Crippen LogP contribution in [-0.2, 0) is 24.1 Å². The number of aromatic nitrogens is 4. The van der Waals surface area contributed by atoms with Crippen molar-refractivity contribution in [3.8, 4) is 5.69 Å². The van der Waals surface area contributed by atoms with E-state index in [-0.39, 0.29) is 12.3 Å². The molecular weight excluding hydrogens is 376 g/mol. The van der Waals surface area contributed by atoms with E-state index in [4.69, 9.17) is 5.73 Å². The Morgan fingerprint density at radius 3 is 2.64 bits per heavy atom. The number of tetrazole rings is 1. The second-order valence-electron chi connectivity index (χ2n) is 6.78. The SMILES string of the molecule is NC(=O)c1c(NC(=O)Cc2ccc(-n3cnnn3)cc2)sc2c1CCCCC2. The molecule has 8 nitrogen and oxygen atoms in total. The minimum absolute atomic E-state index is 0.172. The van der Waals surface area contributed by atoms with Crippen LogP contribution in [0.5, 0.6) is 0 Å². The van der Waals surface area contributed by atoms with Crippen molar-refractivity contribution in [2.45, 2.75) is 38.5 Å². The Labute approximate surface area is 165 Å². The van der Waals surface area contributed by atoms with Crippen LogP contribution in [0.15, 0.2) is 30.6 Å². The molecule has 144 valence electrons. The number of carbonyl (C=O) groups excluding carboxylic acids is 2. The molecule has 2 amide bonds. The third-order valence-electron chi connectivity index (χ3n) is 4.84. The molecule has 0 saturated carbocycles. The molecule has 1 aliphatic rings. The summed E-state index contributed by atoms with van der Waals surface area (Å²) in [4.78, 5) is 25.7. The predicted molar refractivity (Wildman–Crippen MR) is 106 cm³/mol. The Morgan fingerprint density at radius 2 is 1.93 bits per heavy atom. The van der Waals surface area contributed by atoms with E-state index in [1.165, 1.54) is 22.5 Å². The van der Waals surface area contributed by atoms with Gasteiger partial charge in [-0.2, -0.15) is 0 Å². The molecule has 0 spiro atoms. The molecule has 0 unspecified atom stereocenters. The van der Waals surface area contributed by atoms with Gasteiger partial charge < -0.3 is 11.1 Å². The zero-order valence-electron chi connectivity index (χ0n) is 15.2. The summed E-state index contributed by atoms with van der Waals surface area (Å²) >= 11 is 1.48. The van der Waals surface area contributed by atoms with Crippen LogP contribution in [0.3, 0.4) is 0 Å². The van der Waals surface area contributed by atoms with E-state index in [1.807, 2.05) is 24.3 Å². The van der Waals surface area contributed by atoms with Gasteiger partial charge in [-0.25, -0.2) is 4.68 Å². The van der Waals surface area contributed by atoms with Crippen LogP contribution in [-0.4, -0.2) is 32.0 Å². The van der Waals surface area contributed by atoms with Crippen LogP contribution in [0.2, 0.25) is 0 Å². The van der Waals surface area contributed by atoms with Gasteiger partial charge >= 0.3 is 0 Å². The summed E-state index contributed by atoms with van der Waals surface area (Å²) in [5, 5.41) is 14.5. The summed E-state index contributed by atoms with van der Waals surface area (Å²) in [7, 11) is 0. The molecule has 3 N–H and O–H groups in total. The van der Waals surface area contributed by atoms with Gasteiger partial charge in [0, 0.05) is 4.88 Å². The molecule has 2 heterocycles. The highest BCUT2D eigenvalue weighted by molar-refractivity contribution is 7.17. The summed E-state index contributed by atoms with van der Waals surface area (Å²) in [6.07, 6.45) is 6.80. The first-order valence-corrected chi connectivity index (χ1v) is 10.00. The highest BCUT2D eigenvalue weighted by atomic mass is 32.1. The van der Waals surface area contributed by atoms with Crippen LogP contribution in [0, 0.1) is 0 Å². The summed E-state index contributed by atoms with van der Waals surface area (Å²) in [6, 6.07) is 7.41. The van der Waals surface area contributed by atoms with Crippen LogP contribution in [0.1, 0.15) is 45.6 Å². The van der Waals surface area contributed by atoms with Gasteiger partial charge in [0.15, 0.2) is 0 Å². The van der Waals surface area contributed by atoms with Crippen LogP contribution < -0.4 is 11.1 Å². The lowest BCUT2D eigenvalue weighted by molar-refractivity contribution is -0.115. The molecule has 1 aliphatic carbocycles. The Bertz CT molecular complexity index is 994. The monoisotopic (exact) mass is 396 g/mol. The van der Waals surface area contributed by atoms with Crippen molar-refractivity contribution >= 4 is 28.2 Å². The topological polar surface area (TPSA) is 116 Å². The molecule has 0 bridgehead atoms. The molecule has 0 saturated heterocycles. The molecule has 0 aliphatic heterocycles. The molecule has 0 atom stereocenters. The van der Waals surface area contributed by atoms with Crippen molar-refractivity contribution in [3.63, 3.8) is 0 Å². The lowest BCUT2D eigenvalue weighted by atomic mass is 10.1. The first kappa shape index (κ1) is 18.3. The zero-order chi connectivity index (χ0) is 19.5. The molecule has 9 heteroatoms. The number of anilines is 1. The third kappa shape index (κ3) is 3.79. The number of nitrogens with two attached hydrogens (primary N) is 1. The number of primary amides is 1. The van der Waals surface area contributed by atoms with Gasteiger partial charge in [-0.15, -0.1) is 16.4 Å². The predicted octanol–water partition coefficient (Wildman–Crippen LogP) is 2.27. The Hall–Kier alpha value is -3.07. The van der Waals surface area contributed by atoms with E-state index in [9.17, 15) is 9.59 Å². The molecule has 3 aromatic rings. The molecule has 0 radical (unpaired) electrons. The first-order chi connectivity index (χ1) is 13.6. The van der Waals surface area contributed by atoms with E-state index in [0.717, 1.165) is 48.9 Å². The average molecular weight is 396 g/mol. The number of benzene rings is 1. The molecule has 2 aromatic heterocycles. The fourth-order valence-corrected chi connectivity index (χ4v) is 4.80. The number of aryl methyl sites for hydroxylation is 1. The third-order valence-corrected chi connectivity index (χ3v) is 6.04. The highest BCUT2D eigenvalue weighted by Gasteiger charge is 2.24. The molecule has 28 heavy (non-hydrogen) atoms. The summed E-state index contributed by atoms with van der Waals surface area (Å²) in [6.45, 7) is 0. The van der Waals surface area contributed by atoms with Crippen molar-refractivity contribution < 1.29 is 9.59 Å². The van der Waals surface area contributed by atoms with Gasteiger partial charge in [-0.05, 0) is 59.4 Å².